The van der Waals surface area contributed by atoms with Gasteiger partial charge in [0.25, 0.3) is 5.91 Å². The first-order chi connectivity index (χ1) is 9.91. The lowest BCUT2D eigenvalue weighted by atomic mass is 9.96. The van der Waals surface area contributed by atoms with Gasteiger partial charge in [-0.3, -0.25) is 14.5 Å². The summed E-state index contributed by atoms with van der Waals surface area (Å²) in [6.45, 7) is 1.91. The molecule has 0 spiro atoms. The van der Waals surface area contributed by atoms with Crippen molar-refractivity contribution in [1.29, 1.82) is 0 Å². The van der Waals surface area contributed by atoms with Gasteiger partial charge in [0.05, 0.1) is 0 Å². The predicted molar refractivity (Wildman–Crippen MR) is 82.3 cm³/mol. The second-order valence-corrected chi connectivity index (χ2v) is 6.60. The number of halogens is 1. The van der Waals surface area contributed by atoms with Crippen molar-refractivity contribution in [2.45, 2.75) is 44.2 Å². The smallest absolute Gasteiger partial charge is 0.325 e. The third-order valence-electron chi connectivity index (χ3n) is 4.76. The lowest BCUT2D eigenvalue weighted by Gasteiger charge is -2.21. The Bertz CT molecular complexity index is 492. The molecule has 3 fully saturated rings. The summed E-state index contributed by atoms with van der Waals surface area (Å²) in [7, 11) is 0. The van der Waals surface area contributed by atoms with E-state index in [2.05, 4.69) is 10.6 Å². The van der Waals surface area contributed by atoms with Crippen LogP contribution < -0.4 is 16.4 Å². The van der Waals surface area contributed by atoms with Crippen LogP contribution in [0.15, 0.2) is 0 Å². The van der Waals surface area contributed by atoms with Crippen molar-refractivity contribution < 1.29 is 14.4 Å². The Kier molecular flexibility index (Phi) is 4.67. The summed E-state index contributed by atoms with van der Waals surface area (Å²) in [4.78, 5) is 37.2. The number of nitrogens with one attached hydrogen (secondary N) is 2. The molecule has 3 rings (SSSR count). The fourth-order valence-electron chi connectivity index (χ4n) is 2.92. The van der Waals surface area contributed by atoms with Crippen LogP contribution in [0.4, 0.5) is 4.79 Å². The highest BCUT2D eigenvalue weighted by Gasteiger charge is 2.56. The number of rotatable bonds is 6. The molecular weight excluding hydrogens is 308 g/mol. The molecule has 0 aromatic rings. The second-order valence-electron chi connectivity index (χ2n) is 6.60. The van der Waals surface area contributed by atoms with Gasteiger partial charge >= 0.3 is 6.03 Å². The summed E-state index contributed by atoms with van der Waals surface area (Å²) in [6, 6.07) is -0.509. The molecule has 3 aliphatic rings. The highest BCUT2D eigenvalue weighted by Crippen LogP contribution is 2.42. The number of hydrogen-bond acceptors (Lipinski definition) is 4. The van der Waals surface area contributed by atoms with Crippen LogP contribution in [-0.2, 0) is 9.59 Å². The molecule has 0 aromatic heterocycles. The Morgan fingerprint density at radius 3 is 2.59 bits per heavy atom. The van der Waals surface area contributed by atoms with E-state index in [-0.39, 0.29) is 42.7 Å². The zero-order chi connectivity index (χ0) is 15.2. The maximum Gasteiger partial charge on any atom is 0.325 e. The molecule has 22 heavy (non-hydrogen) atoms. The Balaban J connectivity index is 0.00000176. The predicted octanol–water partition coefficient (Wildman–Crippen LogP) is -0.0178. The third kappa shape index (κ3) is 3.20. The first-order valence-electron chi connectivity index (χ1n) is 7.58. The molecule has 4 N–H and O–H groups in total. The van der Waals surface area contributed by atoms with Crippen LogP contribution in [0.2, 0.25) is 0 Å². The number of hydrogen-bond donors (Lipinski definition) is 3. The van der Waals surface area contributed by atoms with Crippen molar-refractivity contribution in [2.24, 2.45) is 17.6 Å². The molecule has 2 aliphatic carbocycles. The highest BCUT2D eigenvalue weighted by molar-refractivity contribution is 6.09. The van der Waals surface area contributed by atoms with Crippen LogP contribution in [0, 0.1) is 11.8 Å². The van der Waals surface area contributed by atoms with Gasteiger partial charge in [0, 0.05) is 12.6 Å². The van der Waals surface area contributed by atoms with E-state index < -0.39 is 11.6 Å². The largest absolute Gasteiger partial charge is 0.353 e. The van der Waals surface area contributed by atoms with Crippen LogP contribution in [0.1, 0.15) is 32.6 Å². The quantitative estimate of drug-likeness (QED) is 0.595. The van der Waals surface area contributed by atoms with Gasteiger partial charge in [0.1, 0.15) is 12.1 Å². The topological polar surface area (TPSA) is 105 Å². The molecule has 124 valence electrons. The van der Waals surface area contributed by atoms with E-state index in [1.807, 2.05) is 0 Å². The van der Waals surface area contributed by atoms with Gasteiger partial charge in [-0.1, -0.05) is 0 Å². The molecule has 2 saturated carbocycles. The molecule has 0 bridgehead atoms. The van der Waals surface area contributed by atoms with Crippen molar-refractivity contribution >= 4 is 30.3 Å². The summed E-state index contributed by atoms with van der Waals surface area (Å²) >= 11 is 0. The standard InChI is InChI=1S/C14H22N4O3.ClH/c1-14(9-4-5-9)12(20)18(13(21)17-14)7-11(19)16-6-10(15)8-2-3-8;/h8-10H,2-7,15H2,1H3,(H,16,19)(H,17,21);1H. The summed E-state index contributed by atoms with van der Waals surface area (Å²) in [5.41, 5.74) is 5.07. The molecule has 1 heterocycles. The molecule has 4 amide bonds. The molecule has 2 atom stereocenters. The number of urea groups is 1. The van der Waals surface area contributed by atoms with Crippen molar-refractivity contribution in [1.82, 2.24) is 15.5 Å². The van der Waals surface area contributed by atoms with Gasteiger partial charge in [-0.15, -0.1) is 12.4 Å². The Morgan fingerprint density at radius 2 is 2.05 bits per heavy atom. The average molecular weight is 331 g/mol. The van der Waals surface area contributed by atoms with Crippen LogP contribution in [0.5, 0.6) is 0 Å². The number of carbonyl (C=O) groups excluding carboxylic acids is 3. The van der Waals surface area contributed by atoms with Gasteiger partial charge in [0.15, 0.2) is 0 Å². The van der Waals surface area contributed by atoms with Gasteiger partial charge in [-0.05, 0) is 44.4 Å². The minimum Gasteiger partial charge on any atom is -0.353 e. The first kappa shape index (κ1) is 17.0. The highest BCUT2D eigenvalue weighted by atomic mass is 35.5. The molecule has 1 saturated heterocycles. The Morgan fingerprint density at radius 1 is 1.41 bits per heavy atom. The fourth-order valence-corrected chi connectivity index (χ4v) is 2.92. The van der Waals surface area contributed by atoms with Crippen molar-refractivity contribution in [3.63, 3.8) is 0 Å². The zero-order valence-corrected chi connectivity index (χ0v) is 13.4. The molecule has 0 radical (unpaired) electrons. The Labute approximate surface area is 135 Å². The number of imide groups is 1. The maximum atomic E-state index is 12.3. The van der Waals surface area contributed by atoms with E-state index in [1.54, 1.807) is 6.92 Å². The van der Waals surface area contributed by atoms with Crippen LogP contribution in [0.3, 0.4) is 0 Å². The van der Waals surface area contributed by atoms with Gasteiger partial charge in [-0.25, -0.2) is 4.79 Å². The maximum absolute atomic E-state index is 12.3. The monoisotopic (exact) mass is 330 g/mol. The lowest BCUT2D eigenvalue weighted by Crippen LogP contribution is -2.47. The van der Waals surface area contributed by atoms with Gasteiger partial charge < -0.3 is 16.4 Å². The molecule has 2 unspecified atom stereocenters. The second kappa shape index (κ2) is 6.04. The molecule has 8 heteroatoms. The molecular formula is C14H23ClN4O3. The van der Waals surface area contributed by atoms with Crippen molar-refractivity contribution in [2.75, 3.05) is 13.1 Å². The number of nitrogens with zero attached hydrogens (tertiary/aromatic N) is 1. The summed E-state index contributed by atoms with van der Waals surface area (Å²) in [5, 5.41) is 5.43. The molecule has 7 nitrogen and oxygen atoms in total. The average Bonchev–Trinajstić information content (AvgIpc) is 3.30. The van der Waals surface area contributed by atoms with Crippen LogP contribution in [-0.4, -0.2) is 47.4 Å². The van der Waals surface area contributed by atoms with Gasteiger partial charge in [-0.2, -0.15) is 0 Å². The Hall–Kier alpha value is -1.34. The molecule has 0 aromatic carbocycles. The lowest BCUT2D eigenvalue weighted by molar-refractivity contribution is -0.135. The van der Waals surface area contributed by atoms with Crippen LogP contribution in [0.25, 0.3) is 0 Å². The van der Waals surface area contributed by atoms with E-state index >= 15 is 0 Å². The summed E-state index contributed by atoms with van der Waals surface area (Å²) in [6.07, 6.45) is 4.12. The normalized spacial score (nSPS) is 28.9. The van der Waals surface area contributed by atoms with E-state index in [9.17, 15) is 14.4 Å². The summed E-state index contributed by atoms with van der Waals surface area (Å²) in [5.74, 6) is 0.0664. The number of amides is 4. The van der Waals surface area contributed by atoms with E-state index in [0.29, 0.717) is 12.5 Å². The minimum absolute atomic E-state index is 0. The van der Waals surface area contributed by atoms with E-state index in [1.165, 1.54) is 0 Å². The van der Waals surface area contributed by atoms with E-state index in [4.69, 9.17) is 5.73 Å². The fraction of sp³-hybridized carbons (Fsp3) is 0.786. The zero-order valence-electron chi connectivity index (χ0n) is 12.6. The van der Waals surface area contributed by atoms with Gasteiger partial charge in [0.2, 0.25) is 5.91 Å². The van der Waals surface area contributed by atoms with Crippen LogP contribution >= 0.6 is 12.4 Å². The third-order valence-corrected chi connectivity index (χ3v) is 4.76. The van der Waals surface area contributed by atoms with Crippen molar-refractivity contribution in [3.05, 3.63) is 0 Å². The number of nitrogens with two attached hydrogens (primary N) is 1. The first-order valence-corrected chi connectivity index (χ1v) is 7.58. The van der Waals surface area contributed by atoms with Crippen molar-refractivity contribution in [3.8, 4) is 0 Å². The SMILES string of the molecule is CC1(C2CC2)NC(=O)N(CC(=O)NCC(N)C2CC2)C1=O.Cl. The molecule has 1 aliphatic heterocycles. The van der Waals surface area contributed by atoms with E-state index in [0.717, 1.165) is 30.6 Å². The number of carbonyl (C=O) groups is 3. The summed E-state index contributed by atoms with van der Waals surface area (Å²) < 4.78 is 0. The minimum atomic E-state index is -0.832.